The van der Waals surface area contributed by atoms with Gasteiger partial charge in [-0.1, -0.05) is 12.1 Å². The summed E-state index contributed by atoms with van der Waals surface area (Å²) in [6, 6.07) is 6.69. The van der Waals surface area contributed by atoms with E-state index in [-0.39, 0.29) is 30.7 Å². The van der Waals surface area contributed by atoms with Gasteiger partial charge in [-0.05, 0) is 25.0 Å². The Balaban J connectivity index is 2.00. The summed E-state index contributed by atoms with van der Waals surface area (Å²) in [6.07, 6.45) is 1.89. The molecule has 1 atom stereocenters. The van der Waals surface area contributed by atoms with Crippen LogP contribution >= 0.6 is 0 Å². The summed E-state index contributed by atoms with van der Waals surface area (Å²) in [4.78, 5) is 39.9. The molecule has 2 amide bonds. The Morgan fingerprint density at radius 3 is 2.62 bits per heavy atom. The van der Waals surface area contributed by atoms with Crippen LogP contribution in [-0.2, 0) is 9.59 Å². The predicted molar refractivity (Wildman–Crippen MR) is 72.7 cm³/mol. The topological polar surface area (TPSA) is 77.9 Å². The van der Waals surface area contributed by atoms with Crippen LogP contribution in [0.3, 0.4) is 0 Å². The number of amides is 2. The summed E-state index contributed by atoms with van der Waals surface area (Å²) >= 11 is 0. The Bertz CT molecular complexity index is 682. The van der Waals surface area contributed by atoms with Crippen molar-refractivity contribution in [2.24, 2.45) is 0 Å². The summed E-state index contributed by atoms with van der Waals surface area (Å²) in [6.45, 7) is 0. The molecular formula is C15H14N2O4. The molecule has 0 bridgehead atoms. The number of para-hydroxylation sites is 1. The largest absolute Gasteiger partial charge is 0.478 e. The maximum atomic E-state index is 12.8. The smallest absolute Gasteiger partial charge is 0.351 e. The molecule has 1 N–H and O–H groups in total. The number of aliphatic carboxylic acids is 1. The minimum absolute atomic E-state index is 0.0737. The highest BCUT2D eigenvalue weighted by molar-refractivity contribution is 6.15. The molecule has 0 radical (unpaired) electrons. The van der Waals surface area contributed by atoms with Gasteiger partial charge in [0.25, 0.3) is 5.91 Å². The third-order valence-corrected chi connectivity index (χ3v) is 4.55. The van der Waals surface area contributed by atoms with E-state index in [1.54, 1.807) is 24.3 Å². The predicted octanol–water partition coefficient (Wildman–Crippen LogP) is 1.21. The highest BCUT2D eigenvalue weighted by Gasteiger charge is 2.63. The zero-order valence-electron chi connectivity index (χ0n) is 11.3. The molecule has 1 aliphatic carbocycles. The maximum absolute atomic E-state index is 12.8. The van der Waals surface area contributed by atoms with Crippen LogP contribution in [0, 0.1) is 0 Å². The lowest BCUT2D eigenvalue weighted by Gasteiger charge is -2.47. The highest BCUT2D eigenvalue weighted by Crippen LogP contribution is 2.48. The molecule has 1 saturated carbocycles. The number of nitrogens with zero attached hydrogens (tertiary/aromatic N) is 2. The fraction of sp³-hybridized carbons (Fsp3) is 0.400. The number of carboxylic acids is 1. The van der Waals surface area contributed by atoms with Crippen LogP contribution in [0.25, 0.3) is 0 Å². The van der Waals surface area contributed by atoms with Crippen molar-refractivity contribution < 1.29 is 19.5 Å². The number of anilines is 1. The number of rotatable bonds is 2. The normalized spacial score (nSPS) is 27.6. The summed E-state index contributed by atoms with van der Waals surface area (Å²) in [5.74, 6) is -1.63. The summed E-state index contributed by atoms with van der Waals surface area (Å²) in [5.41, 5.74) is -0.704. The van der Waals surface area contributed by atoms with Gasteiger partial charge in [-0.2, -0.15) is 0 Å². The molecule has 2 aliphatic heterocycles. The average molecular weight is 286 g/mol. The van der Waals surface area contributed by atoms with E-state index in [0.29, 0.717) is 11.3 Å². The van der Waals surface area contributed by atoms with Crippen LogP contribution in [0.2, 0.25) is 0 Å². The number of carboxylic acid groups (broad SMARTS) is 1. The molecule has 1 saturated heterocycles. The molecular weight excluding hydrogens is 272 g/mol. The van der Waals surface area contributed by atoms with Gasteiger partial charge < -0.3 is 10.0 Å². The number of fused-ring (bicyclic) bond motifs is 3. The second-order valence-corrected chi connectivity index (χ2v) is 5.77. The van der Waals surface area contributed by atoms with E-state index < -0.39 is 11.6 Å². The van der Waals surface area contributed by atoms with Crippen LogP contribution in [0.15, 0.2) is 24.3 Å². The monoisotopic (exact) mass is 286 g/mol. The van der Waals surface area contributed by atoms with Crippen molar-refractivity contribution in [3.05, 3.63) is 29.8 Å². The minimum atomic E-state index is -1.54. The molecule has 2 heterocycles. The maximum Gasteiger partial charge on any atom is 0.351 e. The van der Waals surface area contributed by atoms with E-state index in [2.05, 4.69) is 0 Å². The van der Waals surface area contributed by atoms with Crippen LogP contribution in [-0.4, -0.2) is 39.5 Å². The molecule has 21 heavy (non-hydrogen) atoms. The Kier molecular flexibility index (Phi) is 2.26. The standard InChI is InChI=1S/C15H14N2O4/c18-12-7-8-15(14(20)21)16(9-5-6-9)13(19)10-3-1-2-4-11(10)17(12)15/h1-4,9H,5-8H2,(H,20,21)/t15-/m0/s1. The Morgan fingerprint density at radius 2 is 1.95 bits per heavy atom. The molecule has 6 nitrogen and oxygen atoms in total. The number of hydrogen-bond donors (Lipinski definition) is 1. The van der Waals surface area contributed by atoms with E-state index in [1.165, 1.54) is 9.80 Å². The Morgan fingerprint density at radius 1 is 1.24 bits per heavy atom. The summed E-state index contributed by atoms with van der Waals surface area (Å²) < 4.78 is 0. The third kappa shape index (κ3) is 1.39. The number of carbonyl (C=O) groups excluding carboxylic acids is 2. The molecule has 0 spiro atoms. The molecule has 2 fully saturated rings. The molecule has 4 rings (SSSR count). The Hall–Kier alpha value is -2.37. The van der Waals surface area contributed by atoms with Crippen LogP contribution in [0.5, 0.6) is 0 Å². The van der Waals surface area contributed by atoms with Crippen molar-refractivity contribution in [3.63, 3.8) is 0 Å². The van der Waals surface area contributed by atoms with Gasteiger partial charge in [0.15, 0.2) is 0 Å². The molecule has 0 unspecified atom stereocenters. The van der Waals surface area contributed by atoms with Crippen LogP contribution in [0.1, 0.15) is 36.0 Å². The fourth-order valence-electron chi connectivity index (χ4n) is 3.53. The second-order valence-electron chi connectivity index (χ2n) is 5.77. The van der Waals surface area contributed by atoms with Crippen molar-refractivity contribution in [2.45, 2.75) is 37.4 Å². The number of hydrogen-bond acceptors (Lipinski definition) is 3. The van der Waals surface area contributed by atoms with Crippen molar-refractivity contribution in [2.75, 3.05) is 4.90 Å². The van der Waals surface area contributed by atoms with Gasteiger partial charge in [0, 0.05) is 18.9 Å². The van der Waals surface area contributed by atoms with Gasteiger partial charge in [-0.3, -0.25) is 14.5 Å². The van der Waals surface area contributed by atoms with E-state index in [1.807, 2.05) is 0 Å². The molecule has 1 aromatic rings. The minimum Gasteiger partial charge on any atom is -0.478 e. The van der Waals surface area contributed by atoms with Crippen molar-refractivity contribution >= 4 is 23.5 Å². The first-order valence-electron chi connectivity index (χ1n) is 7.06. The number of carbonyl (C=O) groups is 3. The quantitative estimate of drug-likeness (QED) is 0.886. The van der Waals surface area contributed by atoms with E-state index in [4.69, 9.17) is 0 Å². The van der Waals surface area contributed by atoms with E-state index in [9.17, 15) is 19.5 Å². The highest BCUT2D eigenvalue weighted by atomic mass is 16.4. The van der Waals surface area contributed by atoms with Gasteiger partial charge in [-0.15, -0.1) is 0 Å². The van der Waals surface area contributed by atoms with Gasteiger partial charge in [0.2, 0.25) is 11.6 Å². The first-order valence-corrected chi connectivity index (χ1v) is 7.06. The lowest BCUT2D eigenvalue weighted by molar-refractivity contribution is -0.150. The van der Waals surface area contributed by atoms with Gasteiger partial charge in [0.05, 0.1) is 11.3 Å². The molecule has 0 aromatic heterocycles. The first-order chi connectivity index (χ1) is 10.1. The third-order valence-electron chi connectivity index (χ3n) is 4.55. The van der Waals surface area contributed by atoms with Crippen LogP contribution < -0.4 is 4.90 Å². The lowest BCUT2D eigenvalue weighted by Crippen LogP contribution is -2.68. The summed E-state index contributed by atoms with van der Waals surface area (Å²) in [7, 11) is 0. The SMILES string of the molecule is O=C1CC[C@@]2(C(=O)O)N1c1ccccc1C(=O)N2C1CC1. The number of benzene rings is 1. The first kappa shape index (κ1) is 12.4. The molecule has 6 heteroatoms. The zero-order valence-corrected chi connectivity index (χ0v) is 11.3. The van der Waals surface area contributed by atoms with Crippen LogP contribution in [0.4, 0.5) is 5.69 Å². The van der Waals surface area contributed by atoms with Gasteiger partial charge >= 0.3 is 5.97 Å². The lowest BCUT2D eigenvalue weighted by atomic mass is 9.96. The zero-order chi connectivity index (χ0) is 14.8. The fourth-order valence-corrected chi connectivity index (χ4v) is 3.53. The summed E-state index contributed by atoms with van der Waals surface area (Å²) in [5, 5.41) is 9.82. The van der Waals surface area contributed by atoms with E-state index in [0.717, 1.165) is 12.8 Å². The molecule has 1 aromatic carbocycles. The molecule has 3 aliphatic rings. The Labute approximate surface area is 120 Å². The van der Waals surface area contributed by atoms with Crippen molar-refractivity contribution in [1.29, 1.82) is 0 Å². The average Bonchev–Trinajstić information content (AvgIpc) is 3.23. The van der Waals surface area contributed by atoms with Gasteiger partial charge in [-0.25, -0.2) is 4.79 Å². The van der Waals surface area contributed by atoms with Gasteiger partial charge in [0.1, 0.15) is 0 Å². The van der Waals surface area contributed by atoms with Crippen molar-refractivity contribution in [1.82, 2.24) is 4.90 Å². The van der Waals surface area contributed by atoms with E-state index >= 15 is 0 Å². The van der Waals surface area contributed by atoms with Crippen molar-refractivity contribution in [3.8, 4) is 0 Å². The second kappa shape index (κ2) is 3.84. The molecule has 108 valence electrons.